The quantitative estimate of drug-likeness (QED) is 0.0901. The Kier molecular flexibility index (Phi) is 30.8. The number of hydrogen-bond donors (Lipinski definition) is 0. The maximum absolute atomic E-state index is 12.5. The van der Waals surface area contributed by atoms with Crippen LogP contribution < -0.4 is 0 Å². The fraction of sp³-hybridized carbons (Fsp3) is 0.640. The highest BCUT2D eigenvalue weighted by atomic mass is 16.8. The van der Waals surface area contributed by atoms with E-state index >= 15 is 0 Å². The maximum Gasteiger partial charge on any atom is 0.395 e. The van der Waals surface area contributed by atoms with E-state index < -0.39 is 181 Å². The van der Waals surface area contributed by atoms with Crippen LogP contribution >= 0.6 is 0 Å². The minimum absolute atomic E-state index is 0.157. The van der Waals surface area contributed by atoms with Crippen LogP contribution in [0.1, 0.15) is 82.6 Å². The van der Waals surface area contributed by atoms with Crippen molar-refractivity contribution in [1.29, 1.82) is 0 Å². The zero-order chi connectivity index (χ0) is 62.8. The summed E-state index contributed by atoms with van der Waals surface area (Å²) in [5.74, 6) is -12.0. The summed E-state index contributed by atoms with van der Waals surface area (Å²) < 4.78 is 76.5. The van der Waals surface area contributed by atoms with E-state index in [9.17, 15) is 57.5 Å². The summed E-state index contributed by atoms with van der Waals surface area (Å²) in [4.78, 5) is 158. The number of rotatable bonds is 16. The van der Waals surface area contributed by atoms with Gasteiger partial charge in [-0.15, -0.1) is 0 Å². The van der Waals surface area contributed by atoms with E-state index in [1.54, 1.807) is 13.8 Å². The highest BCUT2D eigenvalue weighted by Crippen LogP contribution is 2.35. The minimum Gasteiger partial charge on any atom is -0.467 e. The standard InChI is InChI=1S/C18H25NO9.C16H19NO9.C15H19NO9.CH2O/c1-8-18(5,19-6)17(23)28-16-14(26-11(4)21)12(25-10(3)20)9(2)13(27-16)15(22)24-7;1-7-11(23-9(3)18)13(24-10(4)19)16(25-12(7)15(21)22-6)26-14(20)8(2)17-5;1-7-11(22-8(2)17)13(23-9(3)18)15(24-10(19)6-16-4)25-12(7)14(20)21-5;1-2/h9,12-14,16H,8H2,1-5,7H3;7,11-13,16H,2H2,1,3-4,6H3;7,11-13,15H,6H2,1-3,5H3;1H2. The molecule has 0 aliphatic carbocycles. The van der Waals surface area contributed by atoms with Crippen LogP contribution in [0.4, 0.5) is 0 Å². The van der Waals surface area contributed by atoms with Crippen LogP contribution in [0.2, 0.25) is 0 Å². The molecule has 3 aliphatic heterocycles. The molecule has 448 valence electrons. The molecule has 16 unspecified atom stereocenters. The Morgan fingerprint density at radius 2 is 0.765 bits per heavy atom. The molecule has 3 saturated heterocycles. The Labute approximate surface area is 465 Å². The van der Waals surface area contributed by atoms with Gasteiger partial charge in [0, 0.05) is 72.6 Å². The molecule has 0 spiro atoms. The number of hydrogen-bond acceptors (Lipinski definition) is 28. The topological polar surface area (TPSA) is 373 Å². The van der Waals surface area contributed by atoms with Gasteiger partial charge in [-0.25, -0.2) is 42.0 Å². The third-order valence-corrected chi connectivity index (χ3v) is 11.4. The molecule has 0 saturated carbocycles. The summed E-state index contributed by atoms with van der Waals surface area (Å²) in [5, 5.41) is 0. The molecule has 0 aromatic heterocycles. The van der Waals surface area contributed by atoms with Crippen LogP contribution in [0.25, 0.3) is 14.5 Å². The van der Waals surface area contributed by atoms with Gasteiger partial charge in [0.25, 0.3) is 5.70 Å². The van der Waals surface area contributed by atoms with Crippen molar-refractivity contribution in [2.75, 3.05) is 27.9 Å². The number of methoxy groups -OCH3 is 3. The molecule has 31 heteroatoms. The van der Waals surface area contributed by atoms with Gasteiger partial charge in [0.15, 0.2) is 36.6 Å². The second-order valence-corrected chi connectivity index (χ2v) is 17.3. The van der Waals surface area contributed by atoms with Gasteiger partial charge in [-0.2, -0.15) is 0 Å². The average Bonchev–Trinajstić information content (AvgIpc) is 3.40. The summed E-state index contributed by atoms with van der Waals surface area (Å²) >= 11 is 0. The molecule has 3 aliphatic rings. The monoisotopic (exact) mass is 1160 g/mol. The van der Waals surface area contributed by atoms with Gasteiger partial charge in [-0.05, 0) is 0 Å². The van der Waals surface area contributed by atoms with Crippen LogP contribution in [-0.4, -0.2) is 186 Å². The zero-order valence-corrected chi connectivity index (χ0v) is 46.8. The van der Waals surface area contributed by atoms with E-state index in [0.29, 0.717) is 0 Å². The number of esters is 12. The minimum atomic E-state index is -1.62. The highest BCUT2D eigenvalue weighted by Gasteiger charge is 2.56. The van der Waals surface area contributed by atoms with E-state index in [0.717, 1.165) is 62.9 Å². The molecule has 3 heterocycles. The first-order chi connectivity index (χ1) is 37.8. The number of nitrogens with zero attached hydrogens (tertiary/aromatic N) is 3. The number of carbonyl (C=O) groups is 13. The molecule has 0 amide bonds. The lowest BCUT2D eigenvalue weighted by molar-refractivity contribution is -0.282. The van der Waals surface area contributed by atoms with Crippen LogP contribution in [0.3, 0.4) is 0 Å². The van der Waals surface area contributed by atoms with Crippen molar-refractivity contribution in [3.8, 4) is 0 Å². The number of carbonyl (C=O) groups excluding carboxylic acids is 13. The SMILES string of the molecule is C=O.[C-]#[N+]C(=C)C(=O)OC1OC(C(=O)OC)C(C)C(OC(C)=O)C1OC(C)=O.[C-]#[N+]C(C)(CC)C(=O)OC1OC(C(=O)OC)C(C)C(OC(C)=O)C1OC(C)=O.[C-]#[N+]CC(=O)OC1OC(C(=O)OC)C(C)C(OC(C)=O)C1OC(C)=O. The van der Waals surface area contributed by atoms with Crippen LogP contribution in [0.15, 0.2) is 12.3 Å². The van der Waals surface area contributed by atoms with E-state index in [1.165, 1.54) is 20.8 Å². The summed E-state index contributed by atoms with van der Waals surface area (Å²) in [5.41, 5.74) is -2.04. The molecule has 0 aromatic rings. The first-order valence-corrected chi connectivity index (χ1v) is 23.7. The van der Waals surface area contributed by atoms with E-state index in [2.05, 4.69) is 30.6 Å². The molecular formula is C50H65N3O28. The lowest BCUT2D eigenvalue weighted by Crippen LogP contribution is -2.60. The molecule has 81 heavy (non-hydrogen) atoms. The predicted octanol–water partition coefficient (Wildman–Crippen LogP) is 1.04. The van der Waals surface area contributed by atoms with Gasteiger partial charge in [-0.1, -0.05) is 34.3 Å². The maximum atomic E-state index is 12.5. The molecule has 0 bridgehead atoms. The third-order valence-electron chi connectivity index (χ3n) is 11.4. The van der Waals surface area contributed by atoms with Gasteiger partial charge in [0.05, 0.1) is 27.9 Å². The summed E-state index contributed by atoms with van der Waals surface area (Å²) in [7, 11) is 3.40. The first-order valence-electron chi connectivity index (χ1n) is 23.7. The van der Waals surface area contributed by atoms with Crippen molar-refractivity contribution in [1.82, 2.24) is 0 Å². The van der Waals surface area contributed by atoms with Crippen molar-refractivity contribution in [2.45, 2.75) is 162 Å². The van der Waals surface area contributed by atoms with E-state index in [-0.39, 0.29) is 6.42 Å². The van der Waals surface area contributed by atoms with Gasteiger partial charge in [0.2, 0.25) is 37.2 Å². The van der Waals surface area contributed by atoms with Gasteiger partial charge in [0.1, 0.15) is 6.79 Å². The largest absolute Gasteiger partial charge is 0.467 e. The summed E-state index contributed by atoms with van der Waals surface area (Å²) in [6.07, 6.45) is -15.7. The normalized spacial score (nSPS) is 27.5. The fourth-order valence-corrected chi connectivity index (χ4v) is 7.35. The van der Waals surface area contributed by atoms with Crippen molar-refractivity contribution in [2.24, 2.45) is 17.8 Å². The Hall–Kier alpha value is -8.60. The van der Waals surface area contributed by atoms with Crippen LogP contribution in [0, 0.1) is 37.5 Å². The Morgan fingerprint density at radius 3 is 1.01 bits per heavy atom. The van der Waals surface area contributed by atoms with E-state index in [1.807, 2.05) is 6.79 Å². The highest BCUT2D eigenvalue weighted by molar-refractivity contribution is 5.89. The Bertz CT molecular complexity index is 2440. The predicted molar refractivity (Wildman–Crippen MR) is 261 cm³/mol. The Balaban J connectivity index is 0.00000117. The van der Waals surface area contributed by atoms with Gasteiger partial charge in [-0.3, -0.25) is 38.4 Å². The van der Waals surface area contributed by atoms with Gasteiger partial charge < -0.3 is 80.7 Å². The molecular weight excluding hydrogens is 1090 g/mol. The van der Waals surface area contributed by atoms with Crippen LogP contribution in [0.5, 0.6) is 0 Å². The lowest BCUT2D eigenvalue weighted by Gasteiger charge is -2.42. The molecule has 3 rings (SSSR count). The summed E-state index contributed by atoms with van der Waals surface area (Å²) in [6, 6.07) is 0. The van der Waals surface area contributed by atoms with Crippen molar-refractivity contribution >= 4 is 78.4 Å². The second-order valence-electron chi connectivity index (χ2n) is 17.3. The molecule has 0 N–H and O–H groups in total. The molecule has 16 atom stereocenters. The second kappa shape index (κ2) is 34.4. The average molecular weight is 1160 g/mol. The molecule has 0 radical (unpaired) electrons. The third kappa shape index (κ3) is 21.5. The molecule has 31 nitrogen and oxygen atoms in total. The lowest BCUT2D eigenvalue weighted by atomic mass is 9.90. The van der Waals surface area contributed by atoms with Crippen molar-refractivity contribution < 1.29 is 133 Å². The summed E-state index contributed by atoms with van der Waals surface area (Å²) in [6.45, 7) is 39.6. The number of ether oxygens (including phenoxy) is 15. The first kappa shape index (κ1) is 72.4. The Morgan fingerprint density at radius 1 is 0.481 bits per heavy atom. The smallest absolute Gasteiger partial charge is 0.395 e. The molecule has 0 aromatic carbocycles. The van der Waals surface area contributed by atoms with Crippen molar-refractivity contribution in [3.63, 3.8) is 0 Å². The van der Waals surface area contributed by atoms with Crippen LogP contribution in [-0.2, 0) is 133 Å². The molecule has 3 fully saturated rings. The zero-order valence-electron chi connectivity index (χ0n) is 46.8. The van der Waals surface area contributed by atoms with Crippen molar-refractivity contribution in [3.05, 3.63) is 46.5 Å². The van der Waals surface area contributed by atoms with Gasteiger partial charge >= 0.3 is 83.7 Å². The van der Waals surface area contributed by atoms with E-state index in [4.69, 9.17) is 86.1 Å². The fourth-order valence-electron chi connectivity index (χ4n) is 7.35.